The summed E-state index contributed by atoms with van der Waals surface area (Å²) < 4.78 is 44.1. The van der Waals surface area contributed by atoms with Crippen molar-refractivity contribution in [2.24, 2.45) is 0 Å². The fraction of sp³-hybridized carbons (Fsp3) is 0.412. The van der Waals surface area contributed by atoms with Crippen LogP contribution in [0.5, 0.6) is 0 Å². The molecule has 0 unspecified atom stereocenters. The molecular formula is C17H18F3N3O3. The van der Waals surface area contributed by atoms with Crippen molar-refractivity contribution in [3.05, 3.63) is 68.0 Å². The third kappa shape index (κ3) is 4.83. The quantitative estimate of drug-likeness (QED) is 0.857. The first-order valence-electron chi connectivity index (χ1n) is 8.12. The molecule has 0 amide bonds. The lowest BCUT2D eigenvalue weighted by molar-refractivity contribution is -0.137. The van der Waals surface area contributed by atoms with Crippen LogP contribution in [-0.4, -0.2) is 40.7 Å². The molecule has 140 valence electrons. The van der Waals surface area contributed by atoms with E-state index in [-0.39, 0.29) is 6.10 Å². The van der Waals surface area contributed by atoms with Gasteiger partial charge in [-0.15, -0.1) is 0 Å². The van der Waals surface area contributed by atoms with Gasteiger partial charge in [-0.3, -0.25) is 14.7 Å². The number of benzene rings is 1. The molecule has 1 atom stereocenters. The Balaban J connectivity index is 1.65. The second-order valence-electron chi connectivity index (χ2n) is 6.24. The monoisotopic (exact) mass is 369 g/mol. The van der Waals surface area contributed by atoms with Crippen LogP contribution >= 0.6 is 0 Å². The summed E-state index contributed by atoms with van der Waals surface area (Å²) >= 11 is 0. The molecule has 2 aromatic rings. The molecule has 1 saturated heterocycles. The fourth-order valence-electron chi connectivity index (χ4n) is 3.03. The number of hydrogen-bond donors (Lipinski definition) is 2. The molecule has 1 aliphatic heterocycles. The highest BCUT2D eigenvalue weighted by molar-refractivity contribution is 5.26. The van der Waals surface area contributed by atoms with Crippen LogP contribution in [0.2, 0.25) is 0 Å². The van der Waals surface area contributed by atoms with Crippen molar-refractivity contribution in [1.29, 1.82) is 0 Å². The number of H-pyrrole nitrogens is 2. The third-order valence-electron chi connectivity index (χ3n) is 4.15. The van der Waals surface area contributed by atoms with E-state index < -0.39 is 23.0 Å². The van der Waals surface area contributed by atoms with Crippen molar-refractivity contribution in [3.63, 3.8) is 0 Å². The number of morpholine rings is 1. The van der Waals surface area contributed by atoms with E-state index in [4.69, 9.17) is 4.74 Å². The van der Waals surface area contributed by atoms with Crippen LogP contribution in [0.25, 0.3) is 0 Å². The predicted molar refractivity (Wildman–Crippen MR) is 87.8 cm³/mol. The highest BCUT2D eigenvalue weighted by Crippen LogP contribution is 2.30. The average molecular weight is 369 g/mol. The first kappa shape index (κ1) is 18.4. The van der Waals surface area contributed by atoms with Gasteiger partial charge in [0.1, 0.15) is 0 Å². The maximum atomic E-state index is 12.8. The zero-order chi connectivity index (χ0) is 18.7. The Morgan fingerprint density at radius 3 is 2.73 bits per heavy atom. The molecule has 1 fully saturated rings. The standard InChI is InChI=1S/C17H18F3N3O3/c18-17(19,20)12-3-1-2-11(6-12)7-14-10-23(4-5-26-14)9-13-8-15(24)22-16(25)21-13/h1-3,6,8,14H,4-5,7,9-10H2,(H2,21,22,24,25)/t14-/m1/s1. The van der Waals surface area contributed by atoms with Crippen molar-refractivity contribution in [2.45, 2.75) is 25.2 Å². The number of halogens is 3. The van der Waals surface area contributed by atoms with Crippen LogP contribution in [0.3, 0.4) is 0 Å². The Labute approximate surface area is 146 Å². The number of aromatic amines is 2. The minimum atomic E-state index is -4.37. The summed E-state index contributed by atoms with van der Waals surface area (Å²) in [6.45, 7) is 1.89. The molecule has 0 saturated carbocycles. The van der Waals surface area contributed by atoms with Gasteiger partial charge in [-0.1, -0.05) is 18.2 Å². The molecule has 1 aromatic carbocycles. The van der Waals surface area contributed by atoms with Crippen LogP contribution < -0.4 is 11.2 Å². The van der Waals surface area contributed by atoms with Crippen LogP contribution in [0.15, 0.2) is 39.9 Å². The molecule has 0 radical (unpaired) electrons. The fourth-order valence-corrected chi connectivity index (χ4v) is 3.03. The summed E-state index contributed by atoms with van der Waals surface area (Å²) in [6.07, 6.45) is -4.28. The molecule has 1 aliphatic rings. The lowest BCUT2D eigenvalue weighted by Crippen LogP contribution is -2.43. The number of nitrogens with one attached hydrogen (secondary N) is 2. The Bertz CT molecular complexity index is 847. The minimum absolute atomic E-state index is 0.263. The topological polar surface area (TPSA) is 78.2 Å². The van der Waals surface area contributed by atoms with E-state index in [2.05, 4.69) is 9.97 Å². The molecule has 1 aromatic heterocycles. The maximum absolute atomic E-state index is 12.8. The van der Waals surface area contributed by atoms with Gasteiger partial charge >= 0.3 is 11.9 Å². The number of nitrogens with zero attached hydrogens (tertiary/aromatic N) is 1. The molecule has 0 aliphatic carbocycles. The smallest absolute Gasteiger partial charge is 0.375 e. The van der Waals surface area contributed by atoms with Crippen LogP contribution in [0.1, 0.15) is 16.8 Å². The minimum Gasteiger partial charge on any atom is -0.375 e. The Morgan fingerprint density at radius 2 is 2.00 bits per heavy atom. The molecule has 26 heavy (non-hydrogen) atoms. The second kappa shape index (κ2) is 7.46. The van der Waals surface area contributed by atoms with E-state index in [9.17, 15) is 22.8 Å². The van der Waals surface area contributed by atoms with Crippen molar-refractivity contribution in [2.75, 3.05) is 19.7 Å². The van der Waals surface area contributed by atoms with Crippen LogP contribution in [0.4, 0.5) is 13.2 Å². The molecule has 9 heteroatoms. The Morgan fingerprint density at radius 1 is 1.19 bits per heavy atom. The Hall–Kier alpha value is -2.39. The van der Waals surface area contributed by atoms with Crippen molar-refractivity contribution >= 4 is 0 Å². The normalized spacial score (nSPS) is 18.8. The lowest BCUT2D eigenvalue weighted by atomic mass is 10.0. The van der Waals surface area contributed by atoms with Crippen molar-refractivity contribution < 1.29 is 17.9 Å². The van der Waals surface area contributed by atoms with E-state index >= 15 is 0 Å². The van der Waals surface area contributed by atoms with E-state index in [1.54, 1.807) is 6.07 Å². The number of aromatic nitrogens is 2. The van der Waals surface area contributed by atoms with E-state index in [0.29, 0.717) is 43.9 Å². The van der Waals surface area contributed by atoms with Gasteiger partial charge in [0, 0.05) is 31.4 Å². The van der Waals surface area contributed by atoms with Gasteiger partial charge in [-0.2, -0.15) is 13.2 Å². The SMILES string of the molecule is O=c1cc(CN2CCO[C@H](Cc3cccc(C(F)(F)F)c3)C2)[nH]c(=O)[nH]1. The largest absolute Gasteiger partial charge is 0.416 e. The average Bonchev–Trinajstić information content (AvgIpc) is 2.53. The summed E-state index contributed by atoms with van der Waals surface area (Å²) in [6, 6.07) is 6.53. The van der Waals surface area contributed by atoms with Gasteiger partial charge in [0.2, 0.25) is 0 Å². The van der Waals surface area contributed by atoms with Gasteiger partial charge in [0.05, 0.1) is 18.3 Å². The van der Waals surface area contributed by atoms with Gasteiger partial charge in [0.25, 0.3) is 5.56 Å². The maximum Gasteiger partial charge on any atom is 0.416 e. The summed E-state index contributed by atoms with van der Waals surface area (Å²) in [5.41, 5.74) is -0.683. The zero-order valence-corrected chi connectivity index (χ0v) is 13.8. The Kier molecular flexibility index (Phi) is 5.28. The van der Waals surface area contributed by atoms with Gasteiger partial charge in [-0.25, -0.2) is 4.79 Å². The van der Waals surface area contributed by atoms with Gasteiger partial charge < -0.3 is 9.72 Å². The molecule has 0 spiro atoms. The predicted octanol–water partition coefficient (Wildman–Crippen LogP) is 1.53. The van der Waals surface area contributed by atoms with Crippen LogP contribution in [0, 0.1) is 0 Å². The summed E-state index contributed by atoms with van der Waals surface area (Å²) in [5, 5.41) is 0. The first-order chi connectivity index (χ1) is 12.3. The summed E-state index contributed by atoms with van der Waals surface area (Å²) in [4.78, 5) is 29.3. The highest BCUT2D eigenvalue weighted by Gasteiger charge is 2.30. The molecule has 0 bridgehead atoms. The molecule has 3 rings (SSSR count). The van der Waals surface area contributed by atoms with Crippen LogP contribution in [-0.2, 0) is 23.9 Å². The first-order valence-corrected chi connectivity index (χ1v) is 8.12. The molecule has 6 nitrogen and oxygen atoms in total. The van der Waals surface area contributed by atoms with E-state index in [1.807, 2.05) is 4.90 Å². The van der Waals surface area contributed by atoms with E-state index in [0.717, 1.165) is 12.1 Å². The van der Waals surface area contributed by atoms with Crippen molar-refractivity contribution in [3.8, 4) is 0 Å². The lowest BCUT2D eigenvalue weighted by Gasteiger charge is -2.33. The third-order valence-corrected chi connectivity index (χ3v) is 4.15. The number of rotatable bonds is 4. The summed E-state index contributed by atoms with van der Waals surface area (Å²) in [5.74, 6) is 0. The number of ether oxygens (including phenoxy) is 1. The molecular weight excluding hydrogens is 351 g/mol. The number of hydrogen-bond acceptors (Lipinski definition) is 4. The molecule has 2 N–H and O–H groups in total. The van der Waals surface area contributed by atoms with Gasteiger partial charge in [-0.05, 0) is 18.1 Å². The molecule has 2 heterocycles. The number of alkyl halides is 3. The van der Waals surface area contributed by atoms with E-state index in [1.165, 1.54) is 12.1 Å². The zero-order valence-electron chi connectivity index (χ0n) is 13.8. The second-order valence-corrected chi connectivity index (χ2v) is 6.24. The highest BCUT2D eigenvalue weighted by atomic mass is 19.4. The van der Waals surface area contributed by atoms with Gasteiger partial charge in [0.15, 0.2) is 0 Å². The summed E-state index contributed by atoms with van der Waals surface area (Å²) in [7, 11) is 0. The van der Waals surface area contributed by atoms with Crippen molar-refractivity contribution in [1.82, 2.24) is 14.9 Å².